The Bertz CT molecular complexity index is 1420. The summed E-state index contributed by atoms with van der Waals surface area (Å²) in [6.45, 7) is 0. The third-order valence-corrected chi connectivity index (χ3v) is 6.41. The number of hydrogen-bond donors (Lipinski definition) is 1. The van der Waals surface area contributed by atoms with E-state index in [4.69, 9.17) is 11.6 Å². The van der Waals surface area contributed by atoms with Crippen LogP contribution >= 0.6 is 22.9 Å². The maximum Gasteiger partial charge on any atom is 0.256 e. The monoisotopic (exact) mass is 502 g/mol. The highest BCUT2D eigenvalue weighted by Gasteiger charge is 2.19. The first-order valence-electron chi connectivity index (χ1n) is 10.6. The summed E-state index contributed by atoms with van der Waals surface area (Å²) in [5.74, 6) is -0.725. The van der Waals surface area contributed by atoms with Crippen molar-refractivity contribution < 1.29 is 9.18 Å². The van der Waals surface area contributed by atoms with Crippen molar-refractivity contribution in [3.05, 3.63) is 99.8 Å². The van der Waals surface area contributed by atoms with Gasteiger partial charge in [0.1, 0.15) is 27.6 Å². The fourth-order valence-electron chi connectivity index (χ4n) is 3.28. The lowest BCUT2D eigenvalue weighted by Crippen LogP contribution is -2.11. The molecular formula is C27H20ClFN4OS. The van der Waals surface area contributed by atoms with E-state index in [1.54, 1.807) is 42.5 Å². The highest BCUT2D eigenvalue weighted by Crippen LogP contribution is 2.37. The van der Waals surface area contributed by atoms with Gasteiger partial charge in [-0.15, -0.1) is 0 Å². The lowest BCUT2D eigenvalue weighted by molar-refractivity contribution is 0.102. The Hall–Kier alpha value is -3.99. The largest absolute Gasteiger partial charge is 0.378 e. The van der Waals surface area contributed by atoms with Crippen molar-refractivity contribution in [1.82, 2.24) is 4.98 Å². The molecule has 0 fully saturated rings. The molecule has 0 atom stereocenters. The number of halogens is 2. The first kappa shape index (κ1) is 24.1. The molecule has 3 aromatic carbocycles. The van der Waals surface area contributed by atoms with Gasteiger partial charge in [0.05, 0.1) is 5.57 Å². The molecular weight excluding hydrogens is 483 g/mol. The molecule has 0 saturated heterocycles. The van der Waals surface area contributed by atoms with Crippen LogP contribution in [0.3, 0.4) is 0 Å². The second-order valence-corrected chi connectivity index (χ2v) is 9.26. The standard InChI is InChI=1S/C27H20ClFN4OS/c1-33(2)23-13-3-17(4-14-23)15-20(16-30)26-31-24(18-7-11-22(29)12-8-18)27(35-26)32-25(34)19-5-9-21(28)10-6-19/h3-15H,1-2H3,(H,32,34)/b20-15-. The summed E-state index contributed by atoms with van der Waals surface area (Å²) in [6, 6.07) is 22.3. The number of nitriles is 1. The van der Waals surface area contributed by atoms with Crippen molar-refractivity contribution in [2.45, 2.75) is 0 Å². The number of rotatable bonds is 6. The molecule has 0 bridgehead atoms. The van der Waals surface area contributed by atoms with E-state index in [0.717, 1.165) is 11.3 Å². The topological polar surface area (TPSA) is 69.0 Å². The van der Waals surface area contributed by atoms with Gasteiger partial charge in [-0.25, -0.2) is 9.37 Å². The van der Waals surface area contributed by atoms with E-state index in [0.29, 0.717) is 37.4 Å². The molecule has 5 nitrogen and oxygen atoms in total. The summed E-state index contributed by atoms with van der Waals surface area (Å²) in [4.78, 5) is 19.5. The van der Waals surface area contributed by atoms with Crippen LogP contribution in [0.1, 0.15) is 20.9 Å². The summed E-state index contributed by atoms with van der Waals surface area (Å²) in [5.41, 5.74) is 3.73. The molecule has 4 rings (SSSR count). The Morgan fingerprint density at radius 1 is 1.06 bits per heavy atom. The molecule has 1 heterocycles. The molecule has 8 heteroatoms. The van der Waals surface area contributed by atoms with Crippen molar-refractivity contribution in [2.75, 3.05) is 24.3 Å². The minimum Gasteiger partial charge on any atom is -0.378 e. The zero-order valence-corrected chi connectivity index (χ0v) is 20.5. The smallest absolute Gasteiger partial charge is 0.256 e. The van der Waals surface area contributed by atoms with E-state index >= 15 is 0 Å². The average molecular weight is 503 g/mol. The number of aromatic nitrogens is 1. The number of benzene rings is 3. The Labute approximate surface area is 211 Å². The van der Waals surface area contributed by atoms with Gasteiger partial charge in [0.15, 0.2) is 0 Å². The van der Waals surface area contributed by atoms with Gasteiger partial charge in [-0.2, -0.15) is 5.26 Å². The van der Waals surface area contributed by atoms with Crippen LogP contribution in [-0.2, 0) is 0 Å². The third-order valence-electron chi connectivity index (χ3n) is 5.15. The Morgan fingerprint density at radius 3 is 2.31 bits per heavy atom. The van der Waals surface area contributed by atoms with Crippen LogP contribution < -0.4 is 10.2 Å². The van der Waals surface area contributed by atoms with Gasteiger partial charge in [-0.3, -0.25) is 4.79 Å². The summed E-state index contributed by atoms with van der Waals surface area (Å²) in [5, 5.41) is 14.2. The third kappa shape index (κ3) is 5.75. The molecule has 1 amide bonds. The summed E-state index contributed by atoms with van der Waals surface area (Å²) >= 11 is 7.11. The van der Waals surface area contributed by atoms with Gasteiger partial charge in [0.2, 0.25) is 0 Å². The highest BCUT2D eigenvalue weighted by atomic mass is 35.5. The molecule has 0 aliphatic rings. The Kier molecular flexibility index (Phi) is 7.25. The second-order valence-electron chi connectivity index (χ2n) is 7.82. The summed E-state index contributed by atoms with van der Waals surface area (Å²) in [6.07, 6.45) is 1.75. The van der Waals surface area contributed by atoms with Crippen molar-refractivity contribution in [1.29, 1.82) is 5.26 Å². The second kappa shape index (κ2) is 10.5. The van der Waals surface area contributed by atoms with Gasteiger partial charge in [-0.1, -0.05) is 35.1 Å². The summed E-state index contributed by atoms with van der Waals surface area (Å²) < 4.78 is 13.5. The number of allylic oxidation sites excluding steroid dienone is 1. The molecule has 1 aromatic heterocycles. The van der Waals surface area contributed by atoms with Gasteiger partial charge in [0, 0.05) is 35.9 Å². The van der Waals surface area contributed by atoms with Crippen LogP contribution in [0.15, 0.2) is 72.8 Å². The summed E-state index contributed by atoms with van der Waals surface area (Å²) in [7, 11) is 3.91. The van der Waals surface area contributed by atoms with Crippen LogP contribution in [0.4, 0.5) is 15.1 Å². The van der Waals surface area contributed by atoms with Crippen LogP contribution in [0.25, 0.3) is 22.9 Å². The molecule has 0 saturated carbocycles. The molecule has 0 radical (unpaired) electrons. The molecule has 174 valence electrons. The minimum absolute atomic E-state index is 0.345. The van der Waals surface area contributed by atoms with E-state index in [1.807, 2.05) is 43.3 Å². The van der Waals surface area contributed by atoms with E-state index in [9.17, 15) is 14.4 Å². The Balaban J connectivity index is 1.73. The minimum atomic E-state index is -0.380. The predicted octanol–water partition coefficient (Wildman–Crippen LogP) is 6.99. The lowest BCUT2D eigenvalue weighted by atomic mass is 10.1. The van der Waals surface area contributed by atoms with E-state index in [-0.39, 0.29) is 11.7 Å². The van der Waals surface area contributed by atoms with E-state index in [2.05, 4.69) is 16.4 Å². The predicted molar refractivity (Wildman–Crippen MR) is 141 cm³/mol. The van der Waals surface area contributed by atoms with E-state index in [1.165, 1.54) is 23.5 Å². The lowest BCUT2D eigenvalue weighted by Gasteiger charge is -2.11. The number of nitrogens with one attached hydrogen (secondary N) is 1. The fourth-order valence-corrected chi connectivity index (χ4v) is 4.35. The molecule has 35 heavy (non-hydrogen) atoms. The van der Waals surface area contributed by atoms with Crippen LogP contribution in [0, 0.1) is 17.1 Å². The number of anilines is 2. The van der Waals surface area contributed by atoms with Crippen molar-refractivity contribution >= 4 is 51.2 Å². The molecule has 1 N–H and O–H groups in total. The van der Waals surface area contributed by atoms with Crippen molar-refractivity contribution in [2.24, 2.45) is 0 Å². The maximum atomic E-state index is 13.5. The first-order valence-corrected chi connectivity index (χ1v) is 11.8. The number of hydrogen-bond acceptors (Lipinski definition) is 5. The van der Waals surface area contributed by atoms with Crippen molar-refractivity contribution in [3.63, 3.8) is 0 Å². The van der Waals surface area contributed by atoms with Crippen LogP contribution in [0.2, 0.25) is 5.02 Å². The fraction of sp³-hybridized carbons (Fsp3) is 0.0741. The average Bonchev–Trinajstić information content (AvgIpc) is 3.27. The van der Waals surface area contributed by atoms with Crippen LogP contribution in [-0.4, -0.2) is 25.0 Å². The number of carbonyl (C=O) groups excluding carboxylic acids is 1. The molecule has 0 unspecified atom stereocenters. The zero-order chi connectivity index (χ0) is 24.9. The van der Waals surface area contributed by atoms with Gasteiger partial charge in [-0.05, 0) is 72.3 Å². The van der Waals surface area contributed by atoms with Crippen LogP contribution in [0.5, 0.6) is 0 Å². The molecule has 0 spiro atoms. The molecule has 0 aliphatic heterocycles. The number of thiazole rings is 1. The maximum absolute atomic E-state index is 13.5. The number of amides is 1. The number of nitrogens with zero attached hydrogens (tertiary/aromatic N) is 3. The first-order chi connectivity index (χ1) is 16.8. The normalized spacial score (nSPS) is 11.1. The molecule has 4 aromatic rings. The Morgan fingerprint density at radius 2 is 1.71 bits per heavy atom. The quantitative estimate of drug-likeness (QED) is 0.289. The SMILES string of the molecule is CN(C)c1ccc(/C=C(/C#N)c2nc(-c3ccc(F)cc3)c(NC(=O)c3ccc(Cl)cc3)s2)cc1. The zero-order valence-electron chi connectivity index (χ0n) is 18.9. The number of carbonyl (C=O) groups is 1. The van der Waals surface area contributed by atoms with E-state index < -0.39 is 0 Å². The molecule has 0 aliphatic carbocycles. The van der Waals surface area contributed by atoms with Gasteiger partial charge < -0.3 is 10.2 Å². The van der Waals surface area contributed by atoms with Gasteiger partial charge in [0.25, 0.3) is 5.91 Å². The van der Waals surface area contributed by atoms with Gasteiger partial charge >= 0.3 is 0 Å². The van der Waals surface area contributed by atoms with Crippen molar-refractivity contribution in [3.8, 4) is 17.3 Å². The highest BCUT2D eigenvalue weighted by molar-refractivity contribution is 7.17.